The lowest BCUT2D eigenvalue weighted by molar-refractivity contribution is 1.33. The van der Waals surface area contributed by atoms with Gasteiger partial charge in [0.25, 0.3) is 0 Å². The van der Waals surface area contributed by atoms with Gasteiger partial charge in [-0.25, -0.2) is 0 Å². The van der Waals surface area contributed by atoms with Gasteiger partial charge in [0.15, 0.2) is 0 Å². The third-order valence-electron chi connectivity index (χ3n) is 2.13. The van der Waals surface area contributed by atoms with Crippen LogP contribution in [0.1, 0.15) is 11.1 Å². The average Bonchev–Trinajstić information content (AvgIpc) is 2.16. The number of aromatic nitrogens is 1. The van der Waals surface area contributed by atoms with Crippen LogP contribution in [0.4, 0.5) is 0 Å². The molecule has 13 heavy (non-hydrogen) atoms. The van der Waals surface area contributed by atoms with E-state index in [2.05, 4.69) is 30.1 Å². The van der Waals surface area contributed by atoms with Gasteiger partial charge in [-0.2, -0.15) is 0 Å². The van der Waals surface area contributed by atoms with Gasteiger partial charge in [0.1, 0.15) is 0 Å². The summed E-state index contributed by atoms with van der Waals surface area (Å²) in [5.74, 6) is 0.544. The fraction of sp³-hybridized carbons (Fsp3) is 0.182. The van der Waals surface area contributed by atoms with Gasteiger partial charge < -0.3 is 0 Å². The summed E-state index contributed by atoms with van der Waals surface area (Å²) in [6.45, 7) is 2.06. The molecule has 0 radical (unpaired) electrons. The molecular weight excluding hydrogens is 182 g/mol. The molecular formula is C11H10ClN. The zero-order valence-electron chi connectivity index (χ0n) is 7.42. The van der Waals surface area contributed by atoms with E-state index < -0.39 is 0 Å². The Labute approximate surface area is 82.4 Å². The van der Waals surface area contributed by atoms with E-state index in [1.807, 2.05) is 6.07 Å². The Kier molecular flexibility index (Phi) is 2.19. The molecule has 1 aromatic heterocycles. The molecule has 0 bridgehead atoms. The van der Waals surface area contributed by atoms with Crippen molar-refractivity contribution in [2.75, 3.05) is 0 Å². The molecule has 0 aliphatic heterocycles. The average molecular weight is 192 g/mol. The molecule has 66 valence electrons. The van der Waals surface area contributed by atoms with Gasteiger partial charge in [-0.1, -0.05) is 12.1 Å². The second-order valence-electron chi connectivity index (χ2n) is 3.12. The second kappa shape index (κ2) is 3.35. The highest BCUT2D eigenvalue weighted by molar-refractivity contribution is 6.18. The normalized spacial score (nSPS) is 10.6. The molecule has 0 spiro atoms. The Bertz CT molecular complexity index is 437. The molecule has 2 rings (SSSR count). The first-order valence-electron chi connectivity index (χ1n) is 4.21. The summed E-state index contributed by atoms with van der Waals surface area (Å²) in [5.41, 5.74) is 3.40. The van der Waals surface area contributed by atoms with Crippen LogP contribution in [-0.2, 0) is 5.88 Å². The largest absolute Gasteiger partial charge is 0.256 e. The van der Waals surface area contributed by atoms with E-state index in [-0.39, 0.29) is 0 Å². The molecule has 1 heterocycles. The van der Waals surface area contributed by atoms with E-state index in [0.29, 0.717) is 5.88 Å². The van der Waals surface area contributed by atoms with Gasteiger partial charge in [-0.05, 0) is 30.2 Å². The van der Waals surface area contributed by atoms with Crippen LogP contribution in [0.15, 0.2) is 30.5 Å². The van der Waals surface area contributed by atoms with Crippen LogP contribution >= 0.6 is 11.6 Å². The summed E-state index contributed by atoms with van der Waals surface area (Å²) in [5, 5.41) is 1.16. The minimum Gasteiger partial charge on any atom is -0.256 e. The SMILES string of the molecule is Cc1ccc2c(CCl)ccnc2c1. The van der Waals surface area contributed by atoms with Crippen molar-refractivity contribution >= 4 is 22.5 Å². The van der Waals surface area contributed by atoms with Crippen LogP contribution in [-0.4, -0.2) is 4.98 Å². The fourth-order valence-electron chi connectivity index (χ4n) is 1.43. The van der Waals surface area contributed by atoms with Crippen molar-refractivity contribution in [3.05, 3.63) is 41.6 Å². The summed E-state index contributed by atoms with van der Waals surface area (Å²) in [6.07, 6.45) is 1.81. The highest BCUT2D eigenvalue weighted by Gasteiger charge is 1.99. The minimum atomic E-state index is 0.544. The zero-order chi connectivity index (χ0) is 9.26. The van der Waals surface area contributed by atoms with Gasteiger partial charge in [0, 0.05) is 17.5 Å². The number of benzene rings is 1. The highest BCUT2D eigenvalue weighted by Crippen LogP contribution is 2.19. The Morgan fingerprint density at radius 2 is 2.15 bits per heavy atom. The highest BCUT2D eigenvalue weighted by atomic mass is 35.5. The third kappa shape index (κ3) is 1.52. The standard InChI is InChI=1S/C11H10ClN/c1-8-2-3-10-9(7-12)4-5-13-11(10)6-8/h2-6H,7H2,1H3. The van der Waals surface area contributed by atoms with E-state index >= 15 is 0 Å². The molecule has 1 aromatic carbocycles. The number of hydrogen-bond donors (Lipinski definition) is 0. The Balaban J connectivity index is 2.77. The summed E-state index contributed by atoms with van der Waals surface area (Å²) < 4.78 is 0. The van der Waals surface area contributed by atoms with Gasteiger partial charge in [0.2, 0.25) is 0 Å². The predicted octanol–water partition coefficient (Wildman–Crippen LogP) is 3.28. The lowest BCUT2D eigenvalue weighted by Crippen LogP contribution is -1.85. The van der Waals surface area contributed by atoms with Gasteiger partial charge in [-0.15, -0.1) is 11.6 Å². The lowest BCUT2D eigenvalue weighted by Gasteiger charge is -2.02. The molecule has 0 fully saturated rings. The first kappa shape index (κ1) is 8.52. The Hall–Kier alpha value is -1.08. The van der Waals surface area contributed by atoms with Gasteiger partial charge in [0.05, 0.1) is 5.52 Å². The third-order valence-corrected chi connectivity index (χ3v) is 2.42. The molecule has 2 aromatic rings. The number of nitrogens with zero attached hydrogens (tertiary/aromatic N) is 1. The van der Waals surface area contributed by atoms with E-state index in [0.717, 1.165) is 16.5 Å². The molecule has 0 aliphatic carbocycles. The predicted molar refractivity (Wildman–Crippen MR) is 56.0 cm³/mol. The van der Waals surface area contributed by atoms with Crippen molar-refractivity contribution in [3.8, 4) is 0 Å². The number of halogens is 1. The number of pyridine rings is 1. The molecule has 0 atom stereocenters. The fourth-order valence-corrected chi connectivity index (χ4v) is 1.67. The van der Waals surface area contributed by atoms with E-state index in [1.54, 1.807) is 6.20 Å². The molecule has 2 heteroatoms. The van der Waals surface area contributed by atoms with Crippen molar-refractivity contribution in [1.82, 2.24) is 4.98 Å². The maximum atomic E-state index is 5.82. The maximum absolute atomic E-state index is 5.82. The number of hydrogen-bond acceptors (Lipinski definition) is 1. The second-order valence-corrected chi connectivity index (χ2v) is 3.39. The summed E-state index contributed by atoms with van der Waals surface area (Å²) in [7, 11) is 0. The van der Waals surface area contributed by atoms with E-state index in [1.165, 1.54) is 5.56 Å². The van der Waals surface area contributed by atoms with E-state index in [4.69, 9.17) is 11.6 Å². The van der Waals surface area contributed by atoms with Crippen LogP contribution in [0.2, 0.25) is 0 Å². The molecule has 0 aliphatic rings. The number of rotatable bonds is 1. The first-order chi connectivity index (χ1) is 6.31. The van der Waals surface area contributed by atoms with Crippen molar-refractivity contribution in [2.24, 2.45) is 0 Å². The van der Waals surface area contributed by atoms with Crippen LogP contribution in [0, 0.1) is 6.92 Å². The van der Waals surface area contributed by atoms with Crippen LogP contribution in [0.3, 0.4) is 0 Å². The number of alkyl halides is 1. The number of aryl methyl sites for hydroxylation is 1. The quantitative estimate of drug-likeness (QED) is 0.631. The smallest absolute Gasteiger partial charge is 0.0707 e. The topological polar surface area (TPSA) is 12.9 Å². The van der Waals surface area contributed by atoms with Crippen LogP contribution in [0.5, 0.6) is 0 Å². The van der Waals surface area contributed by atoms with Crippen molar-refractivity contribution in [1.29, 1.82) is 0 Å². The molecule has 0 unspecified atom stereocenters. The van der Waals surface area contributed by atoms with Gasteiger partial charge in [-0.3, -0.25) is 4.98 Å². The Morgan fingerprint density at radius 1 is 1.31 bits per heavy atom. The lowest BCUT2D eigenvalue weighted by atomic mass is 10.1. The maximum Gasteiger partial charge on any atom is 0.0707 e. The van der Waals surface area contributed by atoms with Crippen molar-refractivity contribution < 1.29 is 0 Å². The van der Waals surface area contributed by atoms with Gasteiger partial charge >= 0.3 is 0 Å². The summed E-state index contributed by atoms with van der Waals surface area (Å²) in [6, 6.07) is 8.20. The van der Waals surface area contributed by atoms with E-state index in [9.17, 15) is 0 Å². The monoisotopic (exact) mass is 191 g/mol. The molecule has 1 nitrogen and oxygen atoms in total. The number of fused-ring (bicyclic) bond motifs is 1. The minimum absolute atomic E-state index is 0.544. The molecule has 0 amide bonds. The van der Waals surface area contributed by atoms with Crippen LogP contribution < -0.4 is 0 Å². The van der Waals surface area contributed by atoms with Crippen molar-refractivity contribution in [2.45, 2.75) is 12.8 Å². The molecule has 0 saturated carbocycles. The zero-order valence-corrected chi connectivity index (χ0v) is 8.17. The van der Waals surface area contributed by atoms with Crippen LogP contribution in [0.25, 0.3) is 10.9 Å². The molecule has 0 N–H and O–H groups in total. The molecule has 0 saturated heterocycles. The first-order valence-corrected chi connectivity index (χ1v) is 4.75. The summed E-state index contributed by atoms with van der Waals surface area (Å²) in [4.78, 5) is 4.29. The summed E-state index contributed by atoms with van der Waals surface area (Å²) >= 11 is 5.82. The Morgan fingerprint density at radius 3 is 2.92 bits per heavy atom. The van der Waals surface area contributed by atoms with Crippen molar-refractivity contribution in [3.63, 3.8) is 0 Å².